The lowest BCUT2D eigenvalue weighted by atomic mass is 10.0. The Labute approximate surface area is 193 Å². The highest BCUT2D eigenvalue weighted by atomic mass is 16.5. The third-order valence-corrected chi connectivity index (χ3v) is 6.27. The third-order valence-electron chi connectivity index (χ3n) is 6.27. The van der Waals surface area contributed by atoms with Gasteiger partial charge in [-0.15, -0.1) is 0 Å². The second kappa shape index (κ2) is 8.99. The molecule has 7 heteroatoms. The highest BCUT2D eigenvalue weighted by molar-refractivity contribution is 6.01. The summed E-state index contributed by atoms with van der Waals surface area (Å²) in [6, 6.07) is 5.93. The monoisotopic (exact) mass is 445 g/mol. The molecule has 1 saturated heterocycles. The number of aromatic nitrogens is 1. The quantitative estimate of drug-likeness (QED) is 0.291. The van der Waals surface area contributed by atoms with Crippen LogP contribution in [0.1, 0.15) is 47.4 Å². The number of esters is 1. The van der Waals surface area contributed by atoms with E-state index in [0.717, 1.165) is 22.1 Å². The van der Waals surface area contributed by atoms with Crippen LogP contribution in [0.3, 0.4) is 0 Å². The van der Waals surface area contributed by atoms with E-state index in [9.17, 15) is 9.59 Å². The van der Waals surface area contributed by atoms with Gasteiger partial charge >= 0.3 is 5.97 Å². The van der Waals surface area contributed by atoms with Crippen molar-refractivity contribution in [2.24, 2.45) is 0 Å². The number of likely N-dealkylation sites (tertiary alicyclic amines) is 1. The van der Waals surface area contributed by atoms with Crippen LogP contribution in [0.4, 0.5) is 5.69 Å². The number of aryl methyl sites for hydroxylation is 2. The van der Waals surface area contributed by atoms with E-state index in [1.165, 1.54) is 6.08 Å². The maximum absolute atomic E-state index is 13.0. The summed E-state index contributed by atoms with van der Waals surface area (Å²) in [6.45, 7) is 18.5. The lowest BCUT2D eigenvalue weighted by Gasteiger charge is -2.33. The fraction of sp³-hybridized carbons (Fsp3) is 0.346. The number of fused-ring (bicyclic) bond motifs is 1. The molecule has 3 aromatic rings. The number of hydrogen-bond acceptors (Lipinski definition) is 4. The molecule has 2 aromatic heterocycles. The summed E-state index contributed by atoms with van der Waals surface area (Å²) in [5, 5.41) is 0.989. The molecule has 0 saturated carbocycles. The molecule has 0 radical (unpaired) electrons. The van der Waals surface area contributed by atoms with Crippen molar-refractivity contribution in [3.63, 3.8) is 0 Å². The van der Waals surface area contributed by atoms with E-state index in [-0.39, 0.29) is 29.9 Å². The number of nitrogens with zero attached hydrogens (tertiary/aromatic N) is 3. The van der Waals surface area contributed by atoms with Crippen molar-refractivity contribution in [3.05, 3.63) is 65.3 Å². The van der Waals surface area contributed by atoms with Gasteiger partial charge in [-0.2, -0.15) is 0 Å². The SMILES string of the molecule is [C-]#[N+]c1c(-c2oc3ccc(C)cc3c2C)cn(C2CCN(C(=O)C=C)CC2)c1C(=O)OCC. The molecule has 170 valence electrons. The van der Waals surface area contributed by atoms with Gasteiger partial charge in [0.2, 0.25) is 11.6 Å². The van der Waals surface area contributed by atoms with Crippen molar-refractivity contribution < 1.29 is 18.7 Å². The molecule has 4 rings (SSSR count). The average molecular weight is 446 g/mol. The van der Waals surface area contributed by atoms with Crippen molar-refractivity contribution >= 4 is 28.5 Å². The second-order valence-electron chi connectivity index (χ2n) is 8.30. The molecule has 1 amide bonds. The number of furan rings is 1. The molecule has 1 fully saturated rings. The highest BCUT2D eigenvalue weighted by Gasteiger charge is 2.32. The minimum Gasteiger partial charge on any atom is -0.462 e. The minimum atomic E-state index is -0.524. The maximum Gasteiger partial charge on any atom is 0.344 e. The van der Waals surface area contributed by atoms with Gasteiger partial charge in [0.15, 0.2) is 0 Å². The van der Waals surface area contributed by atoms with E-state index < -0.39 is 5.97 Å². The van der Waals surface area contributed by atoms with Crippen LogP contribution < -0.4 is 0 Å². The molecule has 0 N–H and O–H groups in total. The zero-order valence-electron chi connectivity index (χ0n) is 19.2. The molecule has 0 bridgehead atoms. The Balaban J connectivity index is 1.83. The zero-order valence-corrected chi connectivity index (χ0v) is 19.2. The first kappa shape index (κ1) is 22.4. The van der Waals surface area contributed by atoms with E-state index in [4.69, 9.17) is 15.7 Å². The van der Waals surface area contributed by atoms with Gasteiger partial charge in [0.1, 0.15) is 17.0 Å². The van der Waals surface area contributed by atoms with Crippen LogP contribution in [-0.2, 0) is 9.53 Å². The molecule has 0 aliphatic carbocycles. The molecule has 0 spiro atoms. The number of amides is 1. The predicted octanol–water partition coefficient (Wildman–Crippen LogP) is 5.60. The lowest BCUT2D eigenvalue weighted by molar-refractivity contribution is -0.127. The lowest BCUT2D eigenvalue weighted by Crippen LogP contribution is -2.38. The van der Waals surface area contributed by atoms with Crippen molar-refractivity contribution in [2.75, 3.05) is 19.7 Å². The first-order valence-electron chi connectivity index (χ1n) is 11.1. The van der Waals surface area contributed by atoms with Crippen LogP contribution in [0.5, 0.6) is 0 Å². The summed E-state index contributed by atoms with van der Waals surface area (Å²) >= 11 is 0. The van der Waals surface area contributed by atoms with Gasteiger partial charge in [-0.05, 0) is 51.8 Å². The second-order valence-corrected chi connectivity index (χ2v) is 8.30. The van der Waals surface area contributed by atoms with Gasteiger partial charge in [-0.1, -0.05) is 18.2 Å². The predicted molar refractivity (Wildman–Crippen MR) is 126 cm³/mol. The maximum atomic E-state index is 13.0. The summed E-state index contributed by atoms with van der Waals surface area (Å²) in [5.41, 5.74) is 3.85. The number of ether oxygens (including phenoxy) is 1. The highest BCUT2D eigenvalue weighted by Crippen LogP contribution is 2.43. The van der Waals surface area contributed by atoms with E-state index in [2.05, 4.69) is 17.5 Å². The van der Waals surface area contributed by atoms with E-state index in [0.29, 0.717) is 37.3 Å². The zero-order chi connectivity index (χ0) is 23.7. The third kappa shape index (κ3) is 3.93. The fourth-order valence-corrected chi connectivity index (χ4v) is 4.57. The number of carbonyl (C=O) groups excluding carboxylic acids is 2. The Morgan fingerprint density at radius 1 is 1.30 bits per heavy atom. The topological polar surface area (TPSA) is 69.0 Å². The number of rotatable bonds is 5. The minimum absolute atomic E-state index is 0.0422. The molecule has 33 heavy (non-hydrogen) atoms. The molecule has 3 heterocycles. The van der Waals surface area contributed by atoms with Crippen LogP contribution in [0.2, 0.25) is 0 Å². The van der Waals surface area contributed by atoms with Crippen molar-refractivity contribution in [1.82, 2.24) is 9.47 Å². The fourth-order valence-electron chi connectivity index (χ4n) is 4.57. The van der Waals surface area contributed by atoms with Gasteiger partial charge in [0.05, 0.1) is 13.2 Å². The molecular weight excluding hydrogens is 418 g/mol. The number of carbonyl (C=O) groups is 2. The molecule has 0 unspecified atom stereocenters. The van der Waals surface area contributed by atoms with Crippen LogP contribution in [0, 0.1) is 20.4 Å². The van der Waals surface area contributed by atoms with Gasteiger partial charge in [-0.25, -0.2) is 9.64 Å². The van der Waals surface area contributed by atoms with E-state index in [1.807, 2.05) is 36.7 Å². The van der Waals surface area contributed by atoms with Crippen LogP contribution in [-0.4, -0.2) is 41.0 Å². The largest absolute Gasteiger partial charge is 0.462 e. The number of hydrogen-bond donors (Lipinski definition) is 0. The Morgan fingerprint density at radius 3 is 2.67 bits per heavy atom. The van der Waals surface area contributed by atoms with Gasteiger partial charge in [0, 0.05) is 41.8 Å². The number of piperidine rings is 1. The smallest absolute Gasteiger partial charge is 0.344 e. The Bertz CT molecular complexity index is 1280. The van der Waals surface area contributed by atoms with Crippen LogP contribution >= 0.6 is 0 Å². The molecule has 1 aliphatic heterocycles. The Hall–Kier alpha value is -3.79. The Kier molecular flexibility index (Phi) is 6.10. The van der Waals surface area contributed by atoms with Crippen molar-refractivity contribution in [1.29, 1.82) is 0 Å². The molecular formula is C26H27N3O4. The van der Waals surface area contributed by atoms with Gasteiger partial charge < -0.3 is 18.6 Å². The summed E-state index contributed by atoms with van der Waals surface area (Å²) in [6.07, 6.45) is 4.49. The van der Waals surface area contributed by atoms with E-state index in [1.54, 1.807) is 11.8 Å². The number of benzene rings is 1. The van der Waals surface area contributed by atoms with Crippen molar-refractivity contribution in [2.45, 2.75) is 39.7 Å². The molecule has 1 aromatic carbocycles. The Morgan fingerprint density at radius 2 is 2.03 bits per heavy atom. The first-order valence-corrected chi connectivity index (χ1v) is 11.1. The summed E-state index contributed by atoms with van der Waals surface area (Å²) in [5.74, 6) is -0.0311. The molecule has 1 aliphatic rings. The standard InChI is InChI=1S/C26H27N3O4/c1-6-22(30)28-12-10-18(11-13-28)29-15-20(23(27-5)24(29)26(31)32-7-2)25-17(4)19-14-16(3)8-9-21(19)33-25/h6,8-9,14-15,18H,1,7,10-13H2,2-4H3. The summed E-state index contributed by atoms with van der Waals surface area (Å²) in [7, 11) is 0. The summed E-state index contributed by atoms with van der Waals surface area (Å²) in [4.78, 5) is 30.4. The van der Waals surface area contributed by atoms with Crippen LogP contribution in [0.25, 0.3) is 27.1 Å². The average Bonchev–Trinajstić information content (AvgIpc) is 3.36. The van der Waals surface area contributed by atoms with E-state index >= 15 is 0 Å². The first-order chi connectivity index (χ1) is 15.9. The van der Waals surface area contributed by atoms with Crippen LogP contribution in [0.15, 0.2) is 41.5 Å². The molecule has 0 atom stereocenters. The summed E-state index contributed by atoms with van der Waals surface area (Å²) < 4.78 is 13.3. The van der Waals surface area contributed by atoms with Gasteiger partial charge in [-0.3, -0.25) is 4.79 Å². The molecule has 7 nitrogen and oxygen atoms in total. The van der Waals surface area contributed by atoms with Crippen molar-refractivity contribution in [3.8, 4) is 11.3 Å². The van der Waals surface area contributed by atoms with Gasteiger partial charge in [0.25, 0.3) is 0 Å². The normalized spacial score (nSPS) is 14.3.